The molecule has 10 rings (SSSR count). The van der Waals surface area contributed by atoms with E-state index in [2.05, 4.69) is 193 Å². The average molecular weight is 664 g/mol. The molecule has 244 valence electrons. The molecule has 0 aliphatic carbocycles. The lowest BCUT2D eigenvalue weighted by Gasteiger charge is -2.28. The van der Waals surface area contributed by atoms with Gasteiger partial charge in [0.1, 0.15) is 11.2 Å². The van der Waals surface area contributed by atoms with Gasteiger partial charge in [0.15, 0.2) is 0 Å². The first-order valence-corrected chi connectivity index (χ1v) is 17.8. The summed E-state index contributed by atoms with van der Waals surface area (Å²) >= 11 is 0. The molecule has 0 N–H and O–H groups in total. The van der Waals surface area contributed by atoms with E-state index in [0.29, 0.717) is 0 Å². The van der Waals surface area contributed by atoms with Crippen LogP contribution in [0.4, 0.5) is 17.1 Å². The molecule has 0 bridgehead atoms. The molecule has 0 amide bonds. The van der Waals surface area contributed by atoms with Crippen LogP contribution in [0, 0.1) is 0 Å². The Bertz CT molecular complexity index is 2890. The summed E-state index contributed by atoms with van der Waals surface area (Å²) in [7, 11) is 0. The van der Waals surface area contributed by atoms with E-state index in [1.54, 1.807) is 0 Å². The highest BCUT2D eigenvalue weighted by Gasteiger charge is 2.20. The van der Waals surface area contributed by atoms with Gasteiger partial charge in [-0.1, -0.05) is 164 Å². The summed E-state index contributed by atoms with van der Waals surface area (Å²) in [5, 5.41) is 7.28. The minimum absolute atomic E-state index is 0.907. The molecule has 1 heterocycles. The zero-order valence-electron chi connectivity index (χ0n) is 28.4. The quantitative estimate of drug-likeness (QED) is 0.165. The minimum atomic E-state index is 0.907. The van der Waals surface area contributed by atoms with E-state index in [0.717, 1.165) is 50.1 Å². The van der Waals surface area contributed by atoms with Crippen LogP contribution in [0.15, 0.2) is 205 Å². The second-order valence-corrected chi connectivity index (χ2v) is 13.3. The molecule has 0 saturated carbocycles. The van der Waals surface area contributed by atoms with Gasteiger partial charge in [-0.15, -0.1) is 0 Å². The summed E-state index contributed by atoms with van der Waals surface area (Å²) in [5.41, 5.74) is 12.1. The summed E-state index contributed by atoms with van der Waals surface area (Å²) in [4.78, 5) is 2.38. The number of rotatable bonds is 6. The highest BCUT2D eigenvalue weighted by molar-refractivity contribution is 6.13. The number of para-hydroxylation sites is 3. The van der Waals surface area contributed by atoms with Crippen LogP contribution < -0.4 is 4.90 Å². The Kier molecular flexibility index (Phi) is 7.18. The highest BCUT2D eigenvalue weighted by atomic mass is 16.3. The monoisotopic (exact) mass is 663 g/mol. The summed E-state index contributed by atoms with van der Waals surface area (Å²) in [6.07, 6.45) is 0. The molecule has 2 heteroatoms. The average Bonchev–Trinajstić information content (AvgIpc) is 3.61. The number of anilines is 3. The smallest absolute Gasteiger partial charge is 0.143 e. The molecule has 0 aliphatic rings. The maximum absolute atomic E-state index is 6.42. The van der Waals surface area contributed by atoms with Gasteiger partial charge in [0.25, 0.3) is 0 Å². The molecule has 0 saturated heterocycles. The van der Waals surface area contributed by atoms with E-state index in [4.69, 9.17) is 4.42 Å². The molecule has 0 aliphatic heterocycles. The third-order valence-electron chi connectivity index (χ3n) is 10.3. The van der Waals surface area contributed by atoms with Crippen LogP contribution in [-0.4, -0.2) is 0 Å². The maximum Gasteiger partial charge on any atom is 0.143 e. The summed E-state index contributed by atoms with van der Waals surface area (Å²) in [6.45, 7) is 0. The lowest BCUT2D eigenvalue weighted by molar-refractivity contribution is 0.670. The summed E-state index contributed by atoms with van der Waals surface area (Å²) in [5.74, 6) is 0. The Morgan fingerprint density at radius 1 is 0.308 bits per heavy atom. The Labute approximate surface area is 302 Å². The van der Waals surface area contributed by atoms with Crippen molar-refractivity contribution in [3.8, 4) is 33.4 Å². The van der Waals surface area contributed by atoms with E-state index in [-0.39, 0.29) is 0 Å². The van der Waals surface area contributed by atoms with Crippen LogP contribution >= 0.6 is 0 Å². The molecular weight excluding hydrogens is 631 g/mol. The van der Waals surface area contributed by atoms with E-state index < -0.39 is 0 Å². The number of furan rings is 1. The van der Waals surface area contributed by atoms with E-state index >= 15 is 0 Å². The number of benzene rings is 9. The van der Waals surface area contributed by atoms with Crippen molar-refractivity contribution in [3.05, 3.63) is 200 Å². The van der Waals surface area contributed by atoms with Gasteiger partial charge in [-0.3, -0.25) is 0 Å². The molecular formula is C50H33NO. The Morgan fingerprint density at radius 3 is 1.69 bits per heavy atom. The molecule has 10 aromatic rings. The normalized spacial score (nSPS) is 11.5. The van der Waals surface area contributed by atoms with Gasteiger partial charge in [-0.05, 0) is 80.2 Å². The highest BCUT2D eigenvalue weighted by Crippen LogP contribution is 2.44. The largest absolute Gasteiger partial charge is 0.455 e. The van der Waals surface area contributed by atoms with Gasteiger partial charge < -0.3 is 9.32 Å². The van der Waals surface area contributed by atoms with Crippen LogP contribution in [-0.2, 0) is 0 Å². The SMILES string of the molecule is c1ccc(-c2ccc(N(c3ccc(-c4cccc5c4oc4ccccc45)cc3)c3ccccc3-c3cccc4c3ccc3ccccc34)cc2)cc1. The lowest BCUT2D eigenvalue weighted by Crippen LogP contribution is -2.11. The predicted molar refractivity (Wildman–Crippen MR) is 220 cm³/mol. The van der Waals surface area contributed by atoms with Gasteiger partial charge in [-0.25, -0.2) is 0 Å². The van der Waals surface area contributed by atoms with Crippen molar-refractivity contribution in [1.82, 2.24) is 0 Å². The molecule has 2 nitrogen and oxygen atoms in total. The maximum atomic E-state index is 6.42. The number of hydrogen-bond donors (Lipinski definition) is 0. The third-order valence-corrected chi connectivity index (χ3v) is 10.3. The predicted octanol–water partition coefficient (Wildman–Crippen LogP) is 14.4. The van der Waals surface area contributed by atoms with Gasteiger partial charge >= 0.3 is 0 Å². The van der Waals surface area contributed by atoms with Gasteiger partial charge in [-0.2, -0.15) is 0 Å². The van der Waals surface area contributed by atoms with Gasteiger partial charge in [0.2, 0.25) is 0 Å². The second kappa shape index (κ2) is 12.5. The molecule has 52 heavy (non-hydrogen) atoms. The Hall–Kier alpha value is -6.90. The molecule has 1 aromatic heterocycles. The first kappa shape index (κ1) is 30.0. The number of nitrogens with zero attached hydrogens (tertiary/aromatic N) is 1. The van der Waals surface area contributed by atoms with Crippen molar-refractivity contribution in [2.24, 2.45) is 0 Å². The van der Waals surface area contributed by atoms with Crippen molar-refractivity contribution in [2.45, 2.75) is 0 Å². The molecule has 0 unspecified atom stereocenters. The van der Waals surface area contributed by atoms with E-state index in [1.807, 2.05) is 12.1 Å². The van der Waals surface area contributed by atoms with Crippen LogP contribution in [0.5, 0.6) is 0 Å². The first-order valence-electron chi connectivity index (χ1n) is 17.8. The first-order chi connectivity index (χ1) is 25.8. The fraction of sp³-hybridized carbons (Fsp3) is 0. The summed E-state index contributed by atoms with van der Waals surface area (Å²) in [6, 6.07) is 71.7. The fourth-order valence-corrected chi connectivity index (χ4v) is 7.80. The van der Waals surface area contributed by atoms with E-state index in [9.17, 15) is 0 Å². The lowest BCUT2D eigenvalue weighted by atomic mass is 9.93. The van der Waals surface area contributed by atoms with Gasteiger partial charge in [0.05, 0.1) is 5.69 Å². The summed E-state index contributed by atoms with van der Waals surface area (Å²) < 4.78 is 6.42. The fourth-order valence-electron chi connectivity index (χ4n) is 7.80. The number of fused-ring (bicyclic) bond motifs is 6. The van der Waals surface area contributed by atoms with Crippen molar-refractivity contribution in [3.63, 3.8) is 0 Å². The molecule has 0 spiro atoms. The van der Waals surface area contributed by atoms with Crippen molar-refractivity contribution < 1.29 is 4.42 Å². The molecule has 0 radical (unpaired) electrons. The van der Waals surface area contributed by atoms with Crippen molar-refractivity contribution in [1.29, 1.82) is 0 Å². The van der Waals surface area contributed by atoms with Gasteiger partial charge in [0, 0.05) is 33.3 Å². The topological polar surface area (TPSA) is 16.4 Å². The third kappa shape index (κ3) is 5.04. The zero-order chi connectivity index (χ0) is 34.4. The van der Waals surface area contributed by atoms with E-state index in [1.165, 1.54) is 43.8 Å². The minimum Gasteiger partial charge on any atom is -0.455 e. The van der Waals surface area contributed by atoms with Crippen molar-refractivity contribution >= 4 is 60.5 Å². The molecule has 0 fully saturated rings. The number of hydrogen-bond acceptors (Lipinski definition) is 2. The standard InChI is InChI=1S/C50H33NO/c1-2-12-34(13-3-1)35-24-29-38(30-25-35)51(39-31-26-37(27-32-39)41-18-10-21-47-46-17-7-9-23-49(46)52-50(41)47)48-22-8-6-16-45(48)43-20-11-19-42-40-15-5-4-14-36(40)28-33-44(42)43/h1-33H. The van der Waals surface area contributed by atoms with Crippen LogP contribution in [0.2, 0.25) is 0 Å². The van der Waals surface area contributed by atoms with Crippen LogP contribution in [0.3, 0.4) is 0 Å². The van der Waals surface area contributed by atoms with Crippen LogP contribution in [0.25, 0.3) is 76.9 Å². The van der Waals surface area contributed by atoms with Crippen molar-refractivity contribution in [2.75, 3.05) is 4.90 Å². The Morgan fingerprint density at radius 2 is 0.885 bits per heavy atom. The molecule has 0 atom stereocenters. The zero-order valence-corrected chi connectivity index (χ0v) is 28.4. The second-order valence-electron chi connectivity index (χ2n) is 13.3. The molecule has 9 aromatic carbocycles. The van der Waals surface area contributed by atoms with Crippen LogP contribution in [0.1, 0.15) is 0 Å². The Balaban J connectivity index is 1.14.